The summed E-state index contributed by atoms with van der Waals surface area (Å²) in [5.74, 6) is 1.33. The second kappa shape index (κ2) is 14.6. The molecule has 12 nitrogen and oxygen atoms in total. The van der Waals surface area contributed by atoms with Gasteiger partial charge in [-0.1, -0.05) is 84.9 Å². The lowest BCUT2D eigenvalue weighted by Crippen LogP contribution is -2.45. The minimum absolute atomic E-state index is 0.146. The van der Waals surface area contributed by atoms with Crippen molar-refractivity contribution in [3.63, 3.8) is 0 Å². The fraction of sp³-hybridized carbons (Fsp3) is 0.222. The van der Waals surface area contributed by atoms with Crippen molar-refractivity contribution in [2.45, 2.75) is 37.1 Å². The second-order valence-electron chi connectivity index (χ2n) is 11.4. The third-order valence-corrected chi connectivity index (χ3v) is 8.16. The number of benzene rings is 4. The molecule has 0 aliphatic carbocycles. The van der Waals surface area contributed by atoms with E-state index in [1.54, 1.807) is 36.2 Å². The molecule has 0 radical (unpaired) electrons. The van der Waals surface area contributed by atoms with Crippen LogP contribution in [0.4, 0.5) is 0 Å². The Morgan fingerprint density at radius 1 is 0.583 bits per heavy atom. The van der Waals surface area contributed by atoms with Gasteiger partial charge in [0.15, 0.2) is 0 Å². The summed E-state index contributed by atoms with van der Waals surface area (Å²) in [5, 5.41) is 8.96. The molecule has 6 rings (SSSR count). The summed E-state index contributed by atoms with van der Waals surface area (Å²) in [7, 11) is 3.21. The van der Waals surface area contributed by atoms with E-state index in [9.17, 15) is 4.91 Å². The van der Waals surface area contributed by atoms with Crippen molar-refractivity contribution in [3.05, 3.63) is 162 Å². The van der Waals surface area contributed by atoms with Crippen molar-refractivity contribution >= 4 is 0 Å². The Morgan fingerprint density at radius 2 is 0.979 bits per heavy atom. The molecular weight excluding hydrogens is 610 g/mol. The van der Waals surface area contributed by atoms with Gasteiger partial charge in [0.2, 0.25) is 11.2 Å². The van der Waals surface area contributed by atoms with E-state index in [0.717, 1.165) is 11.1 Å². The molecular formula is C36H36N7O5+. The van der Waals surface area contributed by atoms with Gasteiger partial charge in [0.1, 0.15) is 41.7 Å². The van der Waals surface area contributed by atoms with Crippen molar-refractivity contribution in [1.82, 2.24) is 29.5 Å². The van der Waals surface area contributed by atoms with Gasteiger partial charge in [0.05, 0.1) is 27.3 Å². The third kappa shape index (κ3) is 7.49. The zero-order valence-corrected chi connectivity index (χ0v) is 26.7. The highest BCUT2D eigenvalue weighted by atomic mass is 17.0. The van der Waals surface area contributed by atoms with E-state index in [4.69, 9.17) is 19.1 Å². The molecule has 48 heavy (non-hydrogen) atoms. The first-order chi connectivity index (χ1) is 23.5. The van der Waals surface area contributed by atoms with Gasteiger partial charge in [-0.25, -0.2) is 19.3 Å². The summed E-state index contributed by atoms with van der Waals surface area (Å²) in [6.07, 6.45) is 6.67. The quantitative estimate of drug-likeness (QED) is 0.126. The lowest BCUT2D eigenvalue weighted by atomic mass is 9.86. The first-order valence-electron chi connectivity index (χ1n) is 15.4. The van der Waals surface area contributed by atoms with E-state index in [-0.39, 0.29) is 18.2 Å². The van der Waals surface area contributed by atoms with E-state index in [2.05, 4.69) is 20.2 Å². The van der Waals surface area contributed by atoms with Crippen molar-refractivity contribution in [3.8, 4) is 11.5 Å². The minimum atomic E-state index is -1.30. The highest BCUT2D eigenvalue weighted by Crippen LogP contribution is 2.37. The summed E-state index contributed by atoms with van der Waals surface area (Å²) in [6, 6.07) is 34.4. The van der Waals surface area contributed by atoms with Gasteiger partial charge in [0.25, 0.3) is 0 Å². The molecule has 0 saturated heterocycles. The number of hydrogen-bond acceptors (Lipinski definition) is 9. The molecule has 0 N–H and O–H groups in total. The molecule has 0 saturated carbocycles. The Labute approximate surface area is 278 Å². The molecule has 6 aromatic rings. The first-order valence-corrected chi connectivity index (χ1v) is 15.4. The van der Waals surface area contributed by atoms with Crippen LogP contribution in [-0.4, -0.2) is 48.8 Å². The molecule has 2 aromatic heterocycles. The number of ether oxygens (including phenoxy) is 2. The Hall–Kier alpha value is -6.04. The predicted octanol–water partition coefficient (Wildman–Crippen LogP) is 5.51. The standard InChI is InChI=1S/C36H36N7O5/c1-45-33-17-13-31(14-18-33)35(23-41-27-37-25-39-41,21-29-9-5-3-6-10-29)47-43(44)48-36(24-42-28-38-26-40-42,22-30-11-7-4-8-12-30)32-15-19-34(46-2)20-16-32/h3-20,25-28H,21-24H2,1-2H3/q+1. The average Bonchev–Trinajstić information content (AvgIpc) is 3.84. The second-order valence-corrected chi connectivity index (χ2v) is 11.4. The number of hydrogen-bond donors (Lipinski definition) is 0. The Morgan fingerprint density at radius 3 is 1.31 bits per heavy atom. The molecule has 244 valence electrons. The monoisotopic (exact) mass is 646 g/mol. The molecule has 0 aliphatic rings. The number of methoxy groups -OCH3 is 2. The smallest absolute Gasteiger partial charge is 0.479 e. The average molecular weight is 647 g/mol. The summed E-state index contributed by atoms with van der Waals surface area (Å²) < 4.78 is 14.1. The molecule has 4 aromatic carbocycles. The summed E-state index contributed by atoms with van der Waals surface area (Å²) in [5.41, 5.74) is 0.706. The predicted molar refractivity (Wildman–Crippen MR) is 175 cm³/mol. The molecule has 0 aliphatic heterocycles. The van der Waals surface area contributed by atoms with Crippen LogP contribution >= 0.6 is 0 Å². The van der Waals surface area contributed by atoms with Crippen molar-refractivity contribution in [1.29, 1.82) is 0 Å². The zero-order chi connectivity index (χ0) is 33.2. The number of aromatic nitrogens is 6. The summed E-state index contributed by atoms with van der Waals surface area (Å²) >= 11 is 0. The van der Waals surface area contributed by atoms with Crippen molar-refractivity contribution in [2.75, 3.05) is 14.2 Å². The maximum absolute atomic E-state index is 14.4. The first kappa shape index (κ1) is 31.9. The highest BCUT2D eigenvalue weighted by molar-refractivity contribution is 5.34. The molecule has 0 fully saturated rings. The maximum atomic E-state index is 14.4. The van der Waals surface area contributed by atoms with Gasteiger partial charge in [0, 0.05) is 24.0 Å². The van der Waals surface area contributed by atoms with Crippen LogP contribution in [0.25, 0.3) is 0 Å². The van der Waals surface area contributed by atoms with E-state index < -0.39 is 11.2 Å². The van der Waals surface area contributed by atoms with Crippen LogP contribution in [0.5, 0.6) is 11.5 Å². The van der Waals surface area contributed by atoms with Gasteiger partial charge in [-0.15, -0.1) is 0 Å². The van der Waals surface area contributed by atoms with Crippen LogP contribution in [0, 0.1) is 4.91 Å². The van der Waals surface area contributed by atoms with Crippen LogP contribution in [-0.2, 0) is 46.8 Å². The number of rotatable bonds is 16. The molecule has 2 heterocycles. The molecule has 2 atom stereocenters. The molecule has 0 amide bonds. The zero-order valence-electron chi connectivity index (χ0n) is 26.7. The SMILES string of the molecule is COc1ccc(C(Cc2ccccc2)(Cn2cncn2)O[N+](=O)OC(Cc2ccccc2)(Cn2cncn2)c2ccc(OC)cc2)cc1. The lowest BCUT2D eigenvalue weighted by molar-refractivity contribution is -1.01. The number of nitrogens with zero attached hydrogens (tertiary/aromatic N) is 7. The Bertz CT molecular complexity index is 1720. The normalized spacial score (nSPS) is 13.5. The van der Waals surface area contributed by atoms with Gasteiger partial charge in [-0.2, -0.15) is 19.9 Å². The van der Waals surface area contributed by atoms with Gasteiger partial charge in [-0.3, -0.25) is 0 Å². The van der Waals surface area contributed by atoms with Crippen LogP contribution in [0.15, 0.2) is 135 Å². The lowest BCUT2D eigenvalue weighted by Gasteiger charge is -2.31. The van der Waals surface area contributed by atoms with Gasteiger partial charge >= 0.3 is 5.09 Å². The third-order valence-electron chi connectivity index (χ3n) is 8.16. The van der Waals surface area contributed by atoms with E-state index in [1.165, 1.54) is 12.7 Å². The fourth-order valence-electron chi connectivity index (χ4n) is 5.82. The maximum Gasteiger partial charge on any atom is 0.479 e. The Kier molecular flexibility index (Phi) is 9.70. The van der Waals surface area contributed by atoms with Crippen molar-refractivity contribution in [2.24, 2.45) is 0 Å². The van der Waals surface area contributed by atoms with E-state index >= 15 is 0 Å². The van der Waals surface area contributed by atoms with Crippen LogP contribution < -0.4 is 9.47 Å². The fourth-order valence-corrected chi connectivity index (χ4v) is 5.82. The van der Waals surface area contributed by atoms with Crippen molar-refractivity contribution < 1.29 is 24.2 Å². The van der Waals surface area contributed by atoms with Gasteiger partial charge < -0.3 is 9.47 Å². The van der Waals surface area contributed by atoms with Crippen LogP contribution in [0.1, 0.15) is 22.3 Å². The largest absolute Gasteiger partial charge is 0.497 e. The highest BCUT2D eigenvalue weighted by Gasteiger charge is 2.50. The molecule has 0 spiro atoms. The van der Waals surface area contributed by atoms with Crippen LogP contribution in [0.2, 0.25) is 0 Å². The minimum Gasteiger partial charge on any atom is -0.497 e. The summed E-state index contributed by atoms with van der Waals surface area (Å²) in [4.78, 5) is 35.7. The van der Waals surface area contributed by atoms with Gasteiger partial charge in [-0.05, 0) is 35.4 Å². The Balaban J connectivity index is 1.45. The molecule has 0 bridgehead atoms. The topological polar surface area (TPSA) is 118 Å². The molecule has 12 heteroatoms. The summed E-state index contributed by atoms with van der Waals surface area (Å²) in [6.45, 7) is 0.293. The van der Waals surface area contributed by atoms with E-state index in [0.29, 0.717) is 35.5 Å². The van der Waals surface area contributed by atoms with E-state index in [1.807, 2.05) is 109 Å². The molecule has 2 unspecified atom stereocenters. The van der Waals surface area contributed by atoms with Crippen LogP contribution in [0.3, 0.4) is 0 Å².